The number of benzene rings is 2. The first-order valence-corrected chi connectivity index (χ1v) is 9.26. The van der Waals surface area contributed by atoms with Crippen LogP contribution in [0.4, 0.5) is 0 Å². The van der Waals surface area contributed by atoms with E-state index in [1.807, 2.05) is 42.5 Å². The topological polar surface area (TPSA) is 52.6 Å². The van der Waals surface area contributed by atoms with Crippen molar-refractivity contribution in [3.05, 3.63) is 58.1 Å². The lowest BCUT2D eigenvalue weighted by molar-refractivity contribution is -0.142. The average Bonchev–Trinajstić information content (AvgIpc) is 2.63. The number of ether oxygens (including phenoxy) is 2. The van der Waals surface area contributed by atoms with Crippen LogP contribution in [0.2, 0.25) is 0 Å². The fourth-order valence-corrected chi connectivity index (χ4v) is 3.47. The van der Waals surface area contributed by atoms with Crippen LogP contribution in [0, 0.1) is 0 Å². The van der Waals surface area contributed by atoms with Crippen molar-refractivity contribution >= 4 is 39.6 Å². The van der Waals surface area contributed by atoms with Gasteiger partial charge < -0.3 is 9.47 Å². The third-order valence-corrected chi connectivity index (χ3v) is 5.40. The summed E-state index contributed by atoms with van der Waals surface area (Å²) in [6.07, 6.45) is 0.150. The molecule has 132 valence electrons. The molecule has 0 aromatic heterocycles. The van der Waals surface area contributed by atoms with Crippen LogP contribution in [-0.2, 0) is 25.5 Å². The molecule has 2 rings (SSSR count). The molecule has 0 saturated heterocycles. The Morgan fingerprint density at radius 3 is 2.36 bits per heavy atom. The summed E-state index contributed by atoms with van der Waals surface area (Å²) in [6, 6.07) is 13.6. The van der Waals surface area contributed by atoms with Crippen LogP contribution in [-0.4, -0.2) is 26.2 Å². The average molecular weight is 423 g/mol. The molecule has 4 nitrogen and oxygen atoms in total. The van der Waals surface area contributed by atoms with Crippen molar-refractivity contribution in [2.45, 2.75) is 29.1 Å². The molecule has 2 aromatic rings. The highest BCUT2D eigenvalue weighted by molar-refractivity contribution is 9.10. The van der Waals surface area contributed by atoms with Crippen molar-refractivity contribution in [1.82, 2.24) is 0 Å². The van der Waals surface area contributed by atoms with Crippen molar-refractivity contribution in [2.24, 2.45) is 0 Å². The fraction of sp³-hybridized carbons (Fsp3) is 0.263. The molecule has 0 N–H and O–H groups in total. The van der Waals surface area contributed by atoms with Crippen molar-refractivity contribution in [3.63, 3.8) is 0 Å². The Bertz CT molecular complexity index is 759. The summed E-state index contributed by atoms with van der Waals surface area (Å²) in [5.74, 6) is -1.02. The van der Waals surface area contributed by atoms with E-state index in [0.29, 0.717) is 0 Å². The lowest BCUT2D eigenvalue weighted by Gasteiger charge is -2.14. The Morgan fingerprint density at radius 2 is 1.76 bits per heavy atom. The highest BCUT2D eigenvalue weighted by atomic mass is 79.9. The maximum Gasteiger partial charge on any atom is 0.312 e. The maximum atomic E-state index is 11.8. The minimum absolute atomic E-state index is 0.150. The molecule has 0 saturated carbocycles. The van der Waals surface area contributed by atoms with Gasteiger partial charge in [-0.05, 0) is 48.4 Å². The second-order valence-electron chi connectivity index (χ2n) is 5.42. The van der Waals surface area contributed by atoms with Crippen LogP contribution in [0.5, 0.6) is 0 Å². The molecular formula is C19H19BrO4S. The molecule has 1 unspecified atom stereocenters. The Labute approximate surface area is 160 Å². The van der Waals surface area contributed by atoms with E-state index in [1.54, 1.807) is 18.7 Å². The van der Waals surface area contributed by atoms with Gasteiger partial charge in [-0.15, -0.1) is 0 Å². The number of halogens is 1. The van der Waals surface area contributed by atoms with E-state index >= 15 is 0 Å². The molecule has 0 aliphatic carbocycles. The highest BCUT2D eigenvalue weighted by Gasteiger charge is 2.18. The number of methoxy groups -OCH3 is 2. The van der Waals surface area contributed by atoms with Crippen molar-refractivity contribution in [3.8, 4) is 0 Å². The Hall–Kier alpha value is -1.79. The van der Waals surface area contributed by atoms with Crippen LogP contribution < -0.4 is 0 Å². The standard InChI is InChI=1S/C19H19BrO4S/c1-12(19(22)24-3)13-4-9-17(14(10-13)11-18(21)23-2)25-16-7-5-15(20)6-8-16/h4-10,12H,11H2,1-3H3. The van der Waals surface area contributed by atoms with E-state index in [0.717, 1.165) is 25.4 Å². The minimum atomic E-state index is -0.395. The minimum Gasteiger partial charge on any atom is -0.469 e. The van der Waals surface area contributed by atoms with Gasteiger partial charge in [-0.25, -0.2) is 0 Å². The van der Waals surface area contributed by atoms with Gasteiger partial charge in [0.05, 0.1) is 26.6 Å². The van der Waals surface area contributed by atoms with E-state index in [4.69, 9.17) is 9.47 Å². The van der Waals surface area contributed by atoms with Crippen molar-refractivity contribution in [1.29, 1.82) is 0 Å². The molecular weight excluding hydrogens is 404 g/mol. The van der Waals surface area contributed by atoms with Crippen LogP contribution in [0.3, 0.4) is 0 Å². The van der Waals surface area contributed by atoms with Gasteiger partial charge >= 0.3 is 11.9 Å². The van der Waals surface area contributed by atoms with Gasteiger partial charge in [0.25, 0.3) is 0 Å². The molecule has 0 amide bonds. The van der Waals surface area contributed by atoms with E-state index in [-0.39, 0.29) is 18.4 Å². The summed E-state index contributed by atoms with van der Waals surface area (Å²) in [6.45, 7) is 1.78. The van der Waals surface area contributed by atoms with Gasteiger partial charge in [0.15, 0.2) is 0 Å². The molecule has 0 bridgehead atoms. The molecule has 0 fully saturated rings. The molecule has 0 aliphatic heterocycles. The quantitative estimate of drug-likeness (QED) is 0.636. The second-order valence-corrected chi connectivity index (χ2v) is 7.45. The Morgan fingerprint density at radius 1 is 1.08 bits per heavy atom. The summed E-state index contributed by atoms with van der Waals surface area (Å²) < 4.78 is 10.6. The lowest BCUT2D eigenvalue weighted by atomic mass is 9.98. The van der Waals surface area contributed by atoms with E-state index < -0.39 is 5.92 Å². The molecule has 25 heavy (non-hydrogen) atoms. The number of hydrogen-bond donors (Lipinski definition) is 0. The van der Waals surface area contributed by atoms with E-state index in [2.05, 4.69) is 15.9 Å². The molecule has 2 aromatic carbocycles. The zero-order chi connectivity index (χ0) is 18.4. The largest absolute Gasteiger partial charge is 0.469 e. The van der Waals surface area contributed by atoms with Crippen LogP contribution >= 0.6 is 27.7 Å². The Balaban J connectivity index is 2.35. The van der Waals surface area contributed by atoms with Crippen LogP contribution in [0.1, 0.15) is 24.0 Å². The van der Waals surface area contributed by atoms with Gasteiger partial charge in [0.2, 0.25) is 0 Å². The summed E-state index contributed by atoms with van der Waals surface area (Å²) in [4.78, 5) is 25.6. The maximum absolute atomic E-state index is 11.8. The number of rotatable bonds is 6. The van der Waals surface area contributed by atoms with Gasteiger partial charge in [0.1, 0.15) is 0 Å². The second kappa shape index (κ2) is 9.06. The first kappa shape index (κ1) is 19.5. The predicted molar refractivity (Wildman–Crippen MR) is 101 cm³/mol. The summed E-state index contributed by atoms with van der Waals surface area (Å²) in [5, 5.41) is 0. The molecule has 1 atom stereocenters. The van der Waals surface area contributed by atoms with Crippen LogP contribution in [0.15, 0.2) is 56.7 Å². The molecule has 6 heteroatoms. The van der Waals surface area contributed by atoms with Gasteiger partial charge in [-0.1, -0.05) is 39.8 Å². The zero-order valence-corrected chi connectivity index (χ0v) is 16.6. The normalized spacial score (nSPS) is 11.7. The van der Waals surface area contributed by atoms with Crippen molar-refractivity contribution < 1.29 is 19.1 Å². The summed E-state index contributed by atoms with van der Waals surface area (Å²) in [7, 11) is 2.73. The third kappa shape index (κ3) is 5.34. The number of esters is 2. The third-order valence-electron chi connectivity index (χ3n) is 3.74. The SMILES string of the molecule is COC(=O)Cc1cc(C(C)C(=O)OC)ccc1Sc1ccc(Br)cc1. The Kier molecular flexibility index (Phi) is 7.08. The molecule has 0 spiro atoms. The number of carbonyl (C=O) groups is 2. The zero-order valence-electron chi connectivity index (χ0n) is 14.2. The van der Waals surface area contributed by atoms with Crippen LogP contribution in [0.25, 0.3) is 0 Å². The predicted octanol–water partition coefficient (Wildman–Crippen LogP) is 4.59. The highest BCUT2D eigenvalue weighted by Crippen LogP contribution is 2.33. The van der Waals surface area contributed by atoms with Gasteiger partial charge in [0, 0.05) is 14.3 Å². The van der Waals surface area contributed by atoms with Gasteiger partial charge in [-0.3, -0.25) is 9.59 Å². The van der Waals surface area contributed by atoms with Gasteiger partial charge in [-0.2, -0.15) is 0 Å². The fourth-order valence-electron chi connectivity index (χ4n) is 2.28. The summed E-state index contributed by atoms with van der Waals surface area (Å²) >= 11 is 4.98. The van der Waals surface area contributed by atoms with E-state index in [9.17, 15) is 9.59 Å². The first-order chi connectivity index (χ1) is 11.9. The monoisotopic (exact) mass is 422 g/mol. The summed E-state index contributed by atoms with van der Waals surface area (Å²) in [5.41, 5.74) is 1.64. The molecule has 0 radical (unpaired) electrons. The number of carbonyl (C=O) groups excluding carboxylic acids is 2. The number of hydrogen-bond acceptors (Lipinski definition) is 5. The smallest absolute Gasteiger partial charge is 0.312 e. The first-order valence-electron chi connectivity index (χ1n) is 7.65. The molecule has 0 heterocycles. The van der Waals surface area contributed by atoms with Crippen molar-refractivity contribution in [2.75, 3.05) is 14.2 Å². The molecule has 0 aliphatic rings. The lowest BCUT2D eigenvalue weighted by Crippen LogP contribution is -2.12. The van der Waals surface area contributed by atoms with E-state index in [1.165, 1.54) is 14.2 Å².